The lowest BCUT2D eigenvalue weighted by molar-refractivity contribution is 0.0950. The summed E-state index contributed by atoms with van der Waals surface area (Å²) in [5.41, 5.74) is 1.44. The predicted molar refractivity (Wildman–Crippen MR) is 82.8 cm³/mol. The minimum Gasteiger partial charge on any atom is -0.384 e. The number of nitrogens with one attached hydrogen (secondary N) is 1. The summed E-state index contributed by atoms with van der Waals surface area (Å²) in [7, 11) is 0. The molecule has 1 atom stereocenters. The monoisotopic (exact) mass is 289 g/mol. The maximum Gasteiger partial charge on any atom is 0.251 e. The Balaban J connectivity index is 1.92. The van der Waals surface area contributed by atoms with Crippen molar-refractivity contribution in [2.24, 2.45) is 0 Å². The first kappa shape index (κ1) is 15.0. The molecular formula is C16H19NO2S. The van der Waals surface area contributed by atoms with Crippen LogP contribution in [0.2, 0.25) is 0 Å². The Hall–Kier alpha value is -1.44. The number of carbonyl (C=O) groups is 1. The molecule has 4 heteroatoms. The van der Waals surface area contributed by atoms with Crippen LogP contribution >= 0.6 is 11.8 Å². The van der Waals surface area contributed by atoms with Gasteiger partial charge < -0.3 is 10.4 Å². The topological polar surface area (TPSA) is 49.3 Å². The lowest BCUT2D eigenvalue weighted by Gasteiger charge is -2.22. The highest BCUT2D eigenvalue weighted by molar-refractivity contribution is 8.00. The molecule has 20 heavy (non-hydrogen) atoms. The zero-order valence-corrected chi connectivity index (χ0v) is 12.4. The molecule has 0 saturated carbocycles. The van der Waals surface area contributed by atoms with Crippen LogP contribution in [0, 0.1) is 11.8 Å². The van der Waals surface area contributed by atoms with Gasteiger partial charge in [0.15, 0.2) is 0 Å². The standard InChI is InChI=1S/C16H19NO2S/c1-16(9-3-11-20-16)12-17-15(19)14-7-5-13(6-8-14)4-2-10-18/h5-8,18H,3,9-12H2,1H3,(H,17,19). The van der Waals surface area contributed by atoms with Gasteiger partial charge in [0, 0.05) is 22.4 Å². The first-order valence-electron chi connectivity index (χ1n) is 6.75. The molecule has 106 valence electrons. The molecule has 1 aliphatic rings. The van der Waals surface area contributed by atoms with Crippen molar-refractivity contribution in [3.05, 3.63) is 35.4 Å². The van der Waals surface area contributed by atoms with Crippen molar-refractivity contribution in [2.45, 2.75) is 24.5 Å². The molecule has 1 saturated heterocycles. The minimum atomic E-state index is -0.154. The van der Waals surface area contributed by atoms with E-state index in [9.17, 15) is 4.79 Å². The fraction of sp³-hybridized carbons (Fsp3) is 0.438. The van der Waals surface area contributed by atoms with E-state index >= 15 is 0 Å². The number of aliphatic hydroxyl groups excluding tert-OH is 1. The first-order chi connectivity index (χ1) is 9.63. The average molecular weight is 289 g/mol. The fourth-order valence-corrected chi connectivity index (χ4v) is 3.44. The summed E-state index contributed by atoms with van der Waals surface area (Å²) in [5, 5.41) is 11.6. The highest BCUT2D eigenvalue weighted by Crippen LogP contribution is 2.36. The molecule has 1 amide bonds. The highest BCUT2D eigenvalue weighted by Gasteiger charge is 2.29. The third-order valence-corrected chi connectivity index (χ3v) is 4.92. The van der Waals surface area contributed by atoms with Gasteiger partial charge in [-0.15, -0.1) is 0 Å². The van der Waals surface area contributed by atoms with Gasteiger partial charge in [-0.3, -0.25) is 4.79 Å². The number of hydrogen-bond donors (Lipinski definition) is 2. The van der Waals surface area contributed by atoms with E-state index < -0.39 is 0 Å². The molecule has 1 aromatic rings. The van der Waals surface area contributed by atoms with Crippen molar-refractivity contribution >= 4 is 17.7 Å². The fourth-order valence-electron chi connectivity index (χ4n) is 2.19. The van der Waals surface area contributed by atoms with Gasteiger partial charge in [-0.25, -0.2) is 0 Å². The van der Waals surface area contributed by atoms with Crippen molar-refractivity contribution in [1.82, 2.24) is 5.32 Å². The number of thioether (sulfide) groups is 1. The van der Waals surface area contributed by atoms with Gasteiger partial charge in [-0.1, -0.05) is 11.8 Å². The molecule has 1 heterocycles. The Kier molecular flexibility index (Phi) is 5.11. The van der Waals surface area contributed by atoms with Crippen molar-refractivity contribution in [3.63, 3.8) is 0 Å². The molecule has 1 fully saturated rings. The maximum absolute atomic E-state index is 12.1. The van der Waals surface area contributed by atoms with E-state index in [1.165, 1.54) is 12.2 Å². The number of benzene rings is 1. The predicted octanol–water partition coefficient (Wildman–Crippen LogP) is 2.05. The third-order valence-electron chi connectivity index (χ3n) is 3.38. The van der Waals surface area contributed by atoms with Gasteiger partial charge in [-0.05, 0) is 49.8 Å². The second-order valence-electron chi connectivity index (χ2n) is 5.12. The van der Waals surface area contributed by atoms with E-state index in [2.05, 4.69) is 24.1 Å². The minimum absolute atomic E-state index is 0.0413. The Morgan fingerprint density at radius 1 is 1.45 bits per heavy atom. The van der Waals surface area contributed by atoms with E-state index in [4.69, 9.17) is 5.11 Å². The molecule has 1 aliphatic heterocycles. The second kappa shape index (κ2) is 6.83. The molecule has 0 radical (unpaired) electrons. The van der Waals surface area contributed by atoms with Gasteiger partial charge in [-0.2, -0.15) is 11.8 Å². The molecule has 0 bridgehead atoms. The number of carbonyl (C=O) groups excluding carboxylic acids is 1. The Morgan fingerprint density at radius 3 is 2.80 bits per heavy atom. The Bertz CT molecular complexity index is 522. The van der Waals surface area contributed by atoms with Crippen molar-refractivity contribution in [1.29, 1.82) is 0 Å². The maximum atomic E-state index is 12.1. The summed E-state index contributed by atoms with van der Waals surface area (Å²) in [6.07, 6.45) is 2.39. The van der Waals surface area contributed by atoms with Crippen LogP contribution in [0.15, 0.2) is 24.3 Å². The largest absolute Gasteiger partial charge is 0.384 e. The van der Waals surface area contributed by atoms with E-state index in [-0.39, 0.29) is 17.3 Å². The number of aliphatic hydroxyl groups is 1. The number of rotatable bonds is 3. The lowest BCUT2D eigenvalue weighted by Crippen LogP contribution is -2.36. The van der Waals surface area contributed by atoms with Crippen LogP contribution in [0.4, 0.5) is 0 Å². The van der Waals surface area contributed by atoms with Crippen molar-refractivity contribution in [3.8, 4) is 11.8 Å². The van der Waals surface area contributed by atoms with Gasteiger partial charge in [0.2, 0.25) is 0 Å². The van der Waals surface area contributed by atoms with Gasteiger partial charge in [0.05, 0.1) is 0 Å². The average Bonchev–Trinajstić information content (AvgIpc) is 2.90. The number of amides is 1. The van der Waals surface area contributed by atoms with Crippen LogP contribution in [-0.4, -0.2) is 34.7 Å². The van der Waals surface area contributed by atoms with E-state index in [0.29, 0.717) is 12.1 Å². The third kappa shape index (κ3) is 4.03. The summed E-state index contributed by atoms with van der Waals surface area (Å²) >= 11 is 1.94. The van der Waals surface area contributed by atoms with Crippen LogP contribution in [0.5, 0.6) is 0 Å². The molecule has 0 aliphatic carbocycles. The van der Waals surface area contributed by atoms with Crippen LogP contribution < -0.4 is 5.32 Å². The van der Waals surface area contributed by atoms with Gasteiger partial charge in [0.1, 0.15) is 6.61 Å². The van der Waals surface area contributed by atoms with E-state index in [0.717, 1.165) is 12.0 Å². The molecular weight excluding hydrogens is 270 g/mol. The molecule has 1 unspecified atom stereocenters. The lowest BCUT2D eigenvalue weighted by atomic mass is 10.1. The van der Waals surface area contributed by atoms with Crippen LogP contribution in [0.1, 0.15) is 35.7 Å². The van der Waals surface area contributed by atoms with Gasteiger partial charge in [0.25, 0.3) is 5.91 Å². The summed E-state index contributed by atoms with van der Waals surface area (Å²) < 4.78 is 0.183. The zero-order valence-electron chi connectivity index (χ0n) is 11.6. The number of hydrogen-bond acceptors (Lipinski definition) is 3. The zero-order chi connectivity index (χ0) is 14.4. The molecule has 3 nitrogen and oxygen atoms in total. The smallest absolute Gasteiger partial charge is 0.251 e. The van der Waals surface area contributed by atoms with E-state index in [1.807, 2.05) is 11.8 Å². The summed E-state index contributed by atoms with van der Waals surface area (Å²) in [6.45, 7) is 2.76. The Labute approximate surface area is 124 Å². The molecule has 1 aromatic carbocycles. The van der Waals surface area contributed by atoms with Crippen LogP contribution in [-0.2, 0) is 0 Å². The highest BCUT2D eigenvalue weighted by atomic mass is 32.2. The van der Waals surface area contributed by atoms with Gasteiger partial charge >= 0.3 is 0 Å². The molecule has 2 rings (SSSR count). The quantitative estimate of drug-likeness (QED) is 0.837. The van der Waals surface area contributed by atoms with Crippen molar-refractivity contribution in [2.75, 3.05) is 18.9 Å². The molecule has 2 N–H and O–H groups in total. The first-order valence-corrected chi connectivity index (χ1v) is 7.73. The van der Waals surface area contributed by atoms with E-state index in [1.54, 1.807) is 24.3 Å². The second-order valence-corrected chi connectivity index (χ2v) is 6.80. The Morgan fingerprint density at radius 2 is 2.20 bits per heavy atom. The summed E-state index contributed by atoms with van der Waals surface area (Å²) in [4.78, 5) is 12.1. The molecule has 0 aromatic heterocycles. The van der Waals surface area contributed by atoms with Crippen molar-refractivity contribution < 1.29 is 9.90 Å². The van der Waals surface area contributed by atoms with Crippen LogP contribution in [0.25, 0.3) is 0 Å². The van der Waals surface area contributed by atoms with Crippen LogP contribution in [0.3, 0.4) is 0 Å². The summed E-state index contributed by atoms with van der Waals surface area (Å²) in [5.74, 6) is 6.53. The normalized spacial score (nSPS) is 21.1. The molecule has 0 spiro atoms. The SMILES string of the molecule is CC1(CNC(=O)c2ccc(C#CCO)cc2)CCCS1. The summed E-state index contributed by atoms with van der Waals surface area (Å²) in [6, 6.07) is 7.12.